The molecule has 1 aliphatic heterocycles. The molecule has 182 valence electrons. The lowest BCUT2D eigenvalue weighted by atomic mass is 10.2. The third kappa shape index (κ3) is 7.12. The molecule has 2 heterocycles. The molecule has 0 spiro atoms. The van der Waals surface area contributed by atoms with Crippen molar-refractivity contribution in [2.24, 2.45) is 4.99 Å². The molecular weight excluding hydrogens is 448 g/mol. The molecule has 13 heteroatoms. The first-order valence-corrected chi connectivity index (χ1v) is 10.6. The van der Waals surface area contributed by atoms with E-state index < -0.39 is 30.9 Å². The van der Waals surface area contributed by atoms with Gasteiger partial charge in [-0.1, -0.05) is 37.3 Å². The van der Waals surface area contributed by atoms with E-state index in [1.54, 1.807) is 24.3 Å². The number of aliphatic imine (C=N–C) groups is 1. The van der Waals surface area contributed by atoms with Crippen molar-refractivity contribution >= 4 is 30.3 Å². The van der Waals surface area contributed by atoms with E-state index in [-0.39, 0.29) is 18.4 Å². The molecule has 1 aromatic carbocycles. The minimum atomic E-state index is -1.46. The van der Waals surface area contributed by atoms with Crippen LogP contribution in [0.15, 0.2) is 45.9 Å². The number of guanidine groups is 1. The molecule has 2 unspecified atom stereocenters. The van der Waals surface area contributed by atoms with Crippen LogP contribution in [0.4, 0.5) is 10.7 Å². The molecule has 2 aromatic rings. The van der Waals surface area contributed by atoms with Crippen LogP contribution in [0.2, 0.25) is 0 Å². The summed E-state index contributed by atoms with van der Waals surface area (Å²) in [5.41, 5.74) is 0.740. The van der Waals surface area contributed by atoms with Crippen molar-refractivity contribution in [1.29, 1.82) is 0 Å². The summed E-state index contributed by atoms with van der Waals surface area (Å²) in [5, 5.41) is 21.6. The molecular formula is C21H26N6O7. The maximum Gasteiger partial charge on any atom is 0.408 e. The zero-order chi connectivity index (χ0) is 24.3. The van der Waals surface area contributed by atoms with Crippen molar-refractivity contribution in [2.75, 3.05) is 24.5 Å². The Bertz CT molecular complexity index is 997. The van der Waals surface area contributed by atoms with Crippen LogP contribution in [0, 0.1) is 0 Å². The normalized spacial score (nSPS) is 14.2. The van der Waals surface area contributed by atoms with Crippen LogP contribution >= 0.6 is 0 Å². The van der Waals surface area contributed by atoms with Gasteiger partial charge in [0.15, 0.2) is 12.2 Å². The van der Waals surface area contributed by atoms with Gasteiger partial charge >= 0.3 is 12.1 Å². The number of aromatic nitrogens is 1. The molecule has 13 nitrogen and oxygen atoms in total. The Kier molecular flexibility index (Phi) is 8.66. The maximum absolute atomic E-state index is 12.1. The van der Waals surface area contributed by atoms with E-state index in [4.69, 9.17) is 14.0 Å². The Hall–Kier alpha value is -4.29. The number of carboxylic acids is 1. The molecule has 1 aromatic heterocycles. The van der Waals surface area contributed by atoms with Crippen LogP contribution in [-0.2, 0) is 20.9 Å². The summed E-state index contributed by atoms with van der Waals surface area (Å²) >= 11 is 0. The number of aliphatic carboxylic acids is 1. The molecule has 0 saturated heterocycles. The van der Waals surface area contributed by atoms with E-state index in [0.29, 0.717) is 25.3 Å². The predicted octanol–water partition coefficient (Wildman–Crippen LogP) is 0.681. The van der Waals surface area contributed by atoms with Crippen molar-refractivity contribution in [3.63, 3.8) is 0 Å². The largest absolute Gasteiger partial charge is 0.480 e. The summed E-state index contributed by atoms with van der Waals surface area (Å²) in [7, 11) is 0. The van der Waals surface area contributed by atoms with Gasteiger partial charge in [0, 0.05) is 13.0 Å². The van der Waals surface area contributed by atoms with Crippen molar-refractivity contribution < 1.29 is 33.5 Å². The minimum Gasteiger partial charge on any atom is -0.480 e. The molecule has 34 heavy (non-hydrogen) atoms. The summed E-state index contributed by atoms with van der Waals surface area (Å²) in [6, 6.07) is 8.79. The Morgan fingerprint density at radius 3 is 2.79 bits per heavy atom. The number of hydrogen-bond donors (Lipinski definition) is 4. The summed E-state index contributed by atoms with van der Waals surface area (Å²) in [4.78, 5) is 40.5. The number of benzene rings is 1. The van der Waals surface area contributed by atoms with Crippen LogP contribution in [0.1, 0.15) is 18.9 Å². The monoisotopic (exact) mass is 474 g/mol. The Morgan fingerprint density at radius 1 is 1.35 bits per heavy atom. The van der Waals surface area contributed by atoms with Gasteiger partial charge in [-0.3, -0.25) is 14.7 Å². The Morgan fingerprint density at radius 2 is 2.15 bits per heavy atom. The van der Waals surface area contributed by atoms with Crippen LogP contribution in [-0.4, -0.2) is 66.6 Å². The van der Waals surface area contributed by atoms with Crippen molar-refractivity contribution in [3.05, 3.63) is 42.0 Å². The zero-order valence-electron chi connectivity index (χ0n) is 18.5. The highest BCUT2D eigenvalue weighted by Crippen LogP contribution is 2.21. The van der Waals surface area contributed by atoms with E-state index in [1.807, 2.05) is 13.0 Å². The third-order valence-electron chi connectivity index (χ3n) is 4.67. The SMILES string of the molecule is CCC(NC1=NCCN1)Oc1cc(N(C=O)CC(NC(=O)OCc2ccccc2)C(=O)O)on1. The highest BCUT2D eigenvalue weighted by Gasteiger charge is 2.26. The lowest BCUT2D eigenvalue weighted by Crippen LogP contribution is -2.48. The predicted molar refractivity (Wildman–Crippen MR) is 119 cm³/mol. The maximum atomic E-state index is 12.1. The summed E-state index contributed by atoms with van der Waals surface area (Å²) < 4.78 is 15.9. The molecule has 0 aliphatic carbocycles. The van der Waals surface area contributed by atoms with Gasteiger partial charge < -0.3 is 35.1 Å². The van der Waals surface area contributed by atoms with Gasteiger partial charge in [-0.2, -0.15) is 0 Å². The highest BCUT2D eigenvalue weighted by atomic mass is 16.6. The Labute approximate surface area is 195 Å². The molecule has 2 amide bonds. The lowest BCUT2D eigenvalue weighted by Gasteiger charge is -2.20. The summed E-state index contributed by atoms with van der Waals surface area (Å²) in [5.74, 6) is -0.719. The molecule has 0 saturated carbocycles. The van der Waals surface area contributed by atoms with Gasteiger partial charge in [0.1, 0.15) is 12.6 Å². The topological polar surface area (TPSA) is 168 Å². The zero-order valence-corrected chi connectivity index (χ0v) is 18.5. The standard InChI is InChI=1S/C21H26N6O7/c1-2-16(25-20-22-8-9-23-20)33-17-10-18(34-26-17)27(13-28)11-15(19(29)30)24-21(31)32-12-14-6-4-3-5-7-14/h3-7,10,13,15-16H,2,8-9,11-12H2,1H3,(H,24,31)(H,29,30)(H2,22,23,25). The first-order valence-electron chi connectivity index (χ1n) is 10.6. The number of ether oxygens (including phenoxy) is 2. The number of hydrogen-bond acceptors (Lipinski definition) is 10. The van der Waals surface area contributed by atoms with E-state index in [9.17, 15) is 19.5 Å². The quantitative estimate of drug-likeness (QED) is 0.254. The van der Waals surface area contributed by atoms with Crippen LogP contribution < -0.4 is 25.6 Å². The number of carbonyl (C=O) groups excluding carboxylic acids is 2. The molecule has 0 fully saturated rings. The Balaban J connectivity index is 1.56. The number of rotatable bonds is 12. The van der Waals surface area contributed by atoms with Crippen LogP contribution in [0.25, 0.3) is 0 Å². The van der Waals surface area contributed by atoms with E-state index in [0.717, 1.165) is 17.0 Å². The van der Waals surface area contributed by atoms with Gasteiger partial charge in [-0.25, -0.2) is 9.59 Å². The fourth-order valence-corrected chi connectivity index (χ4v) is 2.92. The number of carboxylic acid groups (broad SMARTS) is 1. The molecule has 0 bridgehead atoms. The second kappa shape index (κ2) is 12.1. The van der Waals surface area contributed by atoms with Gasteiger partial charge in [0.05, 0.1) is 19.2 Å². The van der Waals surface area contributed by atoms with Gasteiger partial charge in [0.2, 0.25) is 12.3 Å². The van der Waals surface area contributed by atoms with Crippen molar-refractivity contribution in [1.82, 2.24) is 21.1 Å². The minimum absolute atomic E-state index is 0.0339. The lowest BCUT2D eigenvalue weighted by molar-refractivity contribution is -0.139. The first kappa shape index (κ1) is 24.4. The summed E-state index contributed by atoms with van der Waals surface area (Å²) in [6.07, 6.45) is -0.454. The second-order valence-corrected chi connectivity index (χ2v) is 7.17. The number of amides is 2. The number of nitrogens with one attached hydrogen (secondary N) is 3. The molecule has 4 N–H and O–H groups in total. The molecule has 1 aliphatic rings. The van der Waals surface area contributed by atoms with E-state index >= 15 is 0 Å². The number of nitrogens with zero attached hydrogens (tertiary/aromatic N) is 3. The fraction of sp³-hybridized carbons (Fsp3) is 0.381. The third-order valence-corrected chi connectivity index (χ3v) is 4.67. The first-order chi connectivity index (χ1) is 16.5. The van der Waals surface area contributed by atoms with Gasteiger partial charge in [-0.05, 0) is 10.7 Å². The van der Waals surface area contributed by atoms with Crippen molar-refractivity contribution in [3.8, 4) is 5.88 Å². The summed E-state index contributed by atoms with van der Waals surface area (Å²) in [6.45, 7) is 2.84. The average molecular weight is 474 g/mol. The molecule has 0 radical (unpaired) electrons. The van der Waals surface area contributed by atoms with E-state index in [2.05, 4.69) is 26.1 Å². The average Bonchev–Trinajstić information content (AvgIpc) is 3.53. The molecule has 3 rings (SSSR count). The number of anilines is 1. The number of alkyl carbamates (subject to hydrolysis) is 1. The van der Waals surface area contributed by atoms with E-state index in [1.165, 1.54) is 6.07 Å². The van der Waals surface area contributed by atoms with Crippen LogP contribution in [0.3, 0.4) is 0 Å². The second-order valence-electron chi connectivity index (χ2n) is 7.17. The number of carbonyl (C=O) groups is 3. The highest BCUT2D eigenvalue weighted by molar-refractivity contribution is 5.83. The van der Waals surface area contributed by atoms with Gasteiger partial charge in [0.25, 0.3) is 5.88 Å². The smallest absolute Gasteiger partial charge is 0.408 e. The van der Waals surface area contributed by atoms with Gasteiger partial charge in [-0.15, -0.1) is 0 Å². The van der Waals surface area contributed by atoms with Crippen LogP contribution in [0.5, 0.6) is 5.88 Å². The van der Waals surface area contributed by atoms with Crippen molar-refractivity contribution in [2.45, 2.75) is 32.2 Å². The molecule has 2 atom stereocenters. The fourth-order valence-electron chi connectivity index (χ4n) is 2.92.